The molecule has 8 heteroatoms. The van der Waals surface area contributed by atoms with Gasteiger partial charge in [0.05, 0.1) is 20.1 Å². The Kier molecular flexibility index (Phi) is 6.57. The van der Waals surface area contributed by atoms with Crippen LogP contribution in [0.2, 0.25) is 5.02 Å². The maximum Gasteiger partial charge on any atom is 0.307 e. The summed E-state index contributed by atoms with van der Waals surface area (Å²) >= 11 is 5.82. The van der Waals surface area contributed by atoms with E-state index in [9.17, 15) is 14.4 Å². The number of amides is 2. The van der Waals surface area contributed by atoms with Gasteiger partial charge in [-0.2, -0.15) is 0 Å². The Morgan fingerprint density at radius 3 is 2.75 bits per heavy atom. The van der Waals surface area contributed by atoms with Gasteiger partial charge in [-0.05, 0) is 17.7 Å². The number of ether oxygens (including phenoxy) is 1. The van der Waals surface area contributed by atoms with E-state index in [4.69, 9.17) is 11.6 Å². The van der Waals surface area contributed by atoms with Gasteiger partial charge in [0.1, 0.15) is 6.04 Å². The quantitative estimate of drug-likeness (QED) is 0.719. The van der Waals surface area contributed by atoms with Crippen LogP contribution in [0.5, 0.6) is 0 Å². The van der Waals surface area contributed by atoms with E-state index in [0.717, 1.165) is 5.56 Å². The minimum atomic E-state index is -0.688. The smallest absolute Gasteiger partial charge is 0.307 e. The highest BCUT2D eigenvalue weighted by Crippen LogP contribution is 2.11. The summed E-state index contributed by atoms with van der Waals surface area (Å²) in [4.78, 5) is 37.2. The van der Waals surface area contributed by atoms with Crippen molar-refractivity contribution in [1.29, 1.82) is 0 Å². The van der Waals surface area contributed by atoms with Gasteiger partial charge in [0, 0.05) is 24.7 Å². The number of nitrogens with one attached hydrogen (secondary N) is 2. The van der Waals surface area contributed by atoms with Crippen LogP contribution in [-0.4, -0.2) is 55.5 Å². The SMILES string of the molecule is COC(=O)C[C@@H]1C(=O)NCCN1CC(=O)NCc1ccc(Cl)cc1. The van der Waals surface area contributed by atoms with E-state index in [1.54, 1.807) is 17.0 Å². The fourth-order valence-corrected chi connectivity index (χ4v) is 2.58. The summed E-state index contributed by atoms with van der Waals surface area (Å²) in [5.74, 6) is -0.963. The van der Waals surface area contributed by atoms with Crippen molar-refractivity contribution in [2.24, 2.45) is 0 Å². The topological polar surface area (TPSA) is 87.7 Å². The molecule has 2 N–H and O–H groups in total. The van der Waals surface area contributed by atoms with Gasteiger partial charge in [-0.25, -0.2) is 0 Å². The van der Waals surface area contributed by atoms with Crippen LogP contribution in [0.3, 0.4) is 0 Å². The lowest BCUT2D eigenvalue weighted by Gasteiger charge is -2.33. The number of hydrogen-bond acceptors (Lipinski definition) is 5. The van der Waals surface area contributed by atoms with E-state index in [1.807, 2.05) is 12.1 Å². The lowest BCUT2D eigenvalue weighted by atomic mass is 10.1. The molecule has 0 aliphatic carbocycles. The predicted molar refractivity (Wildman–Crippen MR) is 88.3 cm³/mol. The third-order valence-electron chi connectivity index (χ3n) is 3.78. The molecule has 0 bridgehead atoms. The fourth-order valence-electron chi connectivity index (χ4n) is 2.46. The molecule has 2 amide bonds. The molecule has 2 rings (SSSR count). The van der Waals surface area contributed by atoms with Crippen molar-refractivity contribution in [3.05, 3.63) is 34.9 Å². The summed E-state index contributed by atoms with van der Waals surface area (Å²) in [5.41, 5.74) is 0.926. The van der Waals surface area contributed by atoms with Crippen LogP contribution in [0.25, 0.3) is 0 Å². The van der Waals surface area contributed by atoms with E-state index in [1.165, 1.54) is 7.11 Å². The summed E-state index contributed by atoms with van der Waals surface area (Å²) in [6.07, 6.45) is -0.0766. The molecule has 1 atom stereocenters. The standard InChI is InChI=1S/C16H20ClN3O4/c1-24-15(22)8-13-16(23)18-6-7-20(13)10-14(21)19-9-11-2-4-12(17)5-3-11/h2-5,13H,6-10H2,1H3,(H,18,23)(H,19,21)/t13-/m1/s1. The van der Waals surface area contributed by atoms with Crippen molar-refractivity contribution in [3.8, 4) is 0 Å². The maximum absolute atomic E-state index is 12.1. The summed E-state index contributed by atoms with van der Waals surface area (Å²) in [6.45, 7) is 1.36. The number of rotatable bonds is 6. The Bertz CT molecular complexity index is 606. The van der Waals surface area contributed by atoms with Gasteiger partial charge in [-0.1, -0.05) is 23.7 Å². The molecule has 24 heavy (non-hydrogen) atoms. The molecule has 1 aliphatic rings. The molecule has 1 aromatic carbocycles. The summed E-state index contributed by atoms with van der Waals surface area (Å²) in [6, 6.07) is 6.48. The van der Waals surface area contributed by atoms with E-state index in [-0.39, 0.29) is 24.8 Å². The number of carbonyl (C=O) groups is 3. The van der Waals surface area contributed by atoms with Gasteiger partial charge in [0.15, 0.2) is 0 Å². The number of benzene rings is 1. The third kappa shape index (κ3) is 5.21. The van der Waals surface area contributed by atoms with Crippen LogP contribution in [0.15, 0.2) is 24.3 Å². The van der Waals surface area contributed by atoms with Crippen molar-refractivity contribution in [1.82, 2.24) is 15.5 Å². The number of carbonyl (C=O) groups excluding carboxylic acids is 3. The first-order chi connectivity index (χ1) is 11.5. The first kappa shape index (κ1) is 18.2. The van der Waals surface area contributed by atoms with Crippen molar-refractivity contribution in [2.75, 3.05) is 26.7 Å². The fraction of sp³-hybridized carbons (Fsp3) is 0.438. The minimum Gasteiger partial charge on any atom is -0.469 e. The predicted octanol–water partition coefficient (Wildman–Crippen LogP) is 0.320. The monoisotopic (exact) mass is 353 g/mol. The van der Waals surface area contributed by atoms with E-state index in [2.05, 4.69) is 15.4 Å². The van der Waals surface area contributed by atoms with Gasteiger partial charge < -0.3 is 15.4 Å². The van der Waals surface area contributed by atoms with E-state index >= 15 is 0 Å². The Labute approximate surface area is 145 Å². The molecule has 0 saturated carbocycles. The minimum absolute atomic E-state index is 0.0443. The van der Waals surface area contributed by atoms with Gasteiger partial charge in [-0.15, -0.1) is 0 Å². The van der Waals surface area contributed by atoms with Crippen molar-refractivity contribution in [3.63, 3.8) is 0 Å². The van der Waals surface area contributed by atoms with E-state index < -0.39 is 12.0 Å². The molecule has 1 heterocycles. The average Bonchev–Trinajstić information content (AvgIpc) is 2.57. The number of halogens is 1. The van der Waals surface area contributed by atoms with Crippen LogP contribution in [0.4, 0.5) is 0 Å². The highest BCUT2D eigenvalue weighted by Gasteiger charge is 2.32. The summed E-state index contributed by atoms with van der Waals surface area (Å²) in [7, 11) is 1.27. The molecule has 0 aromatic heterocycles. The highest BCUT2D eigenvalue weighted by molar-refractivity contribution is 6.30. The van der Waals surface area contributed by atoms with Gasteiger partial charge in [0.2, 0.25) is 11.8 Å². The zero-order valence-electron chi connectivity index (χ0n) is 13.4. The first-order valence-electron chi connectivity index (χ1n) is 7.59. The Hall–Kier alpha value is -2.12. The molecule has 1 aromatic rings. The lowest BCUT2D eigenvalue weighted by molar-refractivity contribution is -0.146. The Morgan fingerprint density at radius 2 is 2.08 bits per heavy atom. The van der Waals surface area contributed by atoms with Crippen LogP contribution < -0.4 is 10.6 Å². The van der Waals surface area contributed by atoms with Crippen molar-refractivity contribution < 1.29 is 19.1 Å². The van der Waals surface area contributed by atoms with Gasteiger partial charge in [-0.3, -0.25) is 19.3 Å². The second-order valence-corrected chi connectivity index (χ2v) is 5.90. The van der Waals surface area contributed by atoms with Gasteiger partial charge in [0.25, 0.3) is 0 Å². The second kappa shape index (κ2) is 8.65. The third-order valence-corrected chi connectivity index (χ3v) is 4.03. The van der Waals surface area contributed by atoms with Crippen LogP contribution in [0, 0.1) is 0 Å². The molecule has 0 spiro atoms. The molecule has 0 radical (unpaired) electrons. The number of piperazine rings is 1. The maximum atomic E-state index is 12.1. The number of esters is 1. The molecule has 1 fully saturated rings. The Morgan fingerprint density at radius 1 is 1.38 bits per heavy atom. The zero-order chi connectivity index (χ0) is 17.5. The normalized spacial score (nSPS) is 17.9. The van der Waals surface area contributed by atoms with Crippen LogP contribution >= 0.6 is 11.6 Å². The average molecular weight is 354 g/mol. The first-order valence-corrected chi connectivity index (χ1v) is 7.97. The molecule has 0 unspecified atom stereocenters. The highest BCUT2D eigenvalue weighted by atomic mass is 35.5. The lowest BCUT2D eigenvalue weighted by Crippen LogP contribution is -2.57. The largest absolute Gasteiger partial charge is 0.469 e. The van der Waals surface area contributed by atoms with E-state index in [0.29, 0.717) is 24.7 Å². The van der Waals surface area contributed by atoms with Crippen molar-refractivity contribution in [2.45, 2.75) is 19.0 Å². The van der Waals surface area contributed by atoms with Crippen LogP contribution in [0.1, 0.15) is 12.0 Å². The zero-order valence-corrected chi connectivity index (χ0v) is 14.1. The number of hydrogen-bond donors (Lipinski definition) is 2. The molecule has 1 saturated heterocycles. The Balaban J connectivity index is 1.89. The number of methoxy groups -OCH3 is 1. The van der Waals surface area contributed by atoms with Crippen LogP contribution in [-0.2, 0) is 25.7 Å². The molecule has 7 nitrogen and oxygen atoms in total. The summed E-state index contributed by atoms with van der Waals surface area (Å²) in [5, 5.41) is 6.13. The molecule has 130 valence electrons. The van der Waals surface area contributed by atoms with Crippen molar-refractivity contribution >= 4 is 29.4 Å². The molecule has 1 aliphatic heterocycles. The molecular formula is C16H20ClN3O4. The molecular weight excluding hydrogens is 334 g/mol. The van der Waals surface area contributed by atoms with Gasteiger partial charge >= 0.3 is 5.97 Å². The summed E-state index contributed by atoms with van der Waals surface area (Å²) < 4.78 is 4.61. The second-order valence-electron chi connectivity index (χ2n) is 5.46. The number of nitrogens with zero attached hydrogens (tertiary/aromatic N) is 1.